The van der Waals surface area contributed by atoms with Crippen molar-refractivity contribution in [1.82, 2.24) is 0 Å². The molecular weight excluding hydrogens is 225 g/mol. The second-order valence-corrected chi connectivity index (χ2v) is 4.86. The van der Waals surface area contributed by atoms with Crippen LogP contribution in [0.5, 0.6) is 0 Å². The quantitative estimate of drug-likeness (QED) is 0.790. The zero-order valence-electron chi connectivity index (χ0n) is 10.5. The van der Waals surface area contributed by atoms with Crippen LogP contribution in [0.15, 0.2) is 36.4 Å². The van der Waals surface area contributed by atoms with E-state index in [1.54, 1.807) is 6.07 Å². The molecule has 18 heavy (non-hydrogen) atoms. The molecule has 1 N–H and O–H groups in total. The lowest BCUT2D eigenvalue weighted by atomic mass is 9.95. The Morgan fingerprint density at radius 1 is 1.11 bits per heavy atom. The van der Waals surface area contributed by atoms with Gasteiger partial charge in [0.25, 0.3) is 0 Å². The van der Waals surface area contributed by atoms with Gasteiger partial charge in [0, 0.05) is 12.2 Å². The third-order valence-electron chi connectivity index (χ3n) is 3.55. The molecule has 1 nitrogen and oxygen atoms in total. The number of hydrogen-bond acceptors (Lipinski definition) is 1. The van der Waals surface area contributed by atoms with Gasteiger partial charge in [0.1, 0.15) is 5.82 Å². The first-order valence-electron chi connectivity index (χ1n) is 6.37. The van der Waals surface area contributed by atoms with Gasteiger partial charge in [0.05, 0.1) is 0 Å². The molecule has 0 radical (unpaired) electrons. The van der Waals surface area contributed by atoms with Gasteiger partial charge in [-0.25, -0.2) is 4.39 Å². The smallest absolute Gasteiger partial charge is 0.123 e. The lowest BCUT2D eigenvalue weighted by molar-refractivity contribution is 0.627. The number of nitrogens with one attached hydrogen (secondary N) is 1. The molecule has 0 unspecified atom stereocenters. The third-order valence-corrected chi connectivity index (χ3v) is 3.55. The van der Waals surface area contributed by atoms with Gasteiger partial charge in [-0.15, -0.1) is 0 Å². The highest BCUT2D eigenvalue weighted by atomic mass is 19.1. The van der Waals surface area contributed by atoms with Crippen molar-refractivity contribution < 1.29 is 4.39 Å². The normalized spacial score (nSPS) is 13.9. The van der Waals surface area contributed by atoms with Crippen LogP contribution in [0.25, 0.3) is 11.1 Å². The van der Waals surface area contributed by atoms with Crippen LogP contribution in [-0.2, 0) is 6.42 Å². The van der Waals surface area contributed by atoms with Crippen LogP contribution in [-0.4, -0.2) is 6.54 Å². The molecule has 0 saturated heterocycles. The molecule has 3 rings (SSSR count). The summed E-state index contributed by atoms with van der Waals surface area (Å²) in [4.78, 5) is 0. The highest BCUT2D eigenvalue weighted by Gasteiger charge is 2.10. The van der Waals surface area contributed by atoms with Gasteiger partial charge in [-0.1, -0.05) is 18.2 Å². The van der Waals surface area contributed by atoms with Crippen molar-refractivity contribution >= 4 is 5.69 Å². The van der Waals surface area contributed by atoms with Crippen molar-refractivity contribution in [2.75, 3.05) is 11.9 Å². The van der Waals surface area contributed by atoms with E-state index in [0.29, 0.717) is 0 Å². The predicted octanol–water partition coefficient (Wildman–Crippen LogP) is 4.16. The minimum Gasteiger partial charge on any atom is -0.385 e. The average Bonchev–Trinajstić information content (AvgIpc) is 2.38. The second-order valence-electron chi connectivity index (χ2n) is 4.86. The fourth-order valence-corrected chi connectivity index (χ4v) is 2.58. The molecule has 0 aromatic heterocycles. The highest BCUT2D eigenvalue weighted by molar-refractivity contribution is 5.72. The van der Waals surface area contributed by atoms with Crippen LogP contribution < -0.4 is 5.32 Å². The summed E-state index contributed by atoms with van der Waals surface area (Å²) >= 11 is 0. The van der Waals surface area contributed by atoms with Crippen molar-refractivity contribution in [3.05, 3.63) is 53.3 Å². The largest absolute Gasteiger partial charge is 0.385 e. The first-order chi connectivity index (χ1) is 8.74. The topological polar surface area (TPSA) is 12.0 Å². The number of aryl methyl sites for hydroxylation is 2. The third kappa shape index (κ3) is 1.99. The van der Waals surface area contributed by atoms with Gasteiger partial charge in [0.2, 0.25) is 0 Å². The van der Waals surface area contributed by atoms with Crippen LogP contribution in [0.2, 0.25) is 0 Å². The van der Waals surface area contributed by atoms with E-state index in [-0.39, 0.29) is 5.82 Å². The van der Waals surface area contributed by atoms with E-state index in [1.165, 1.54) is 23.7 Å². The summed E-state index contributed by atoms with van der Waals surface area (Å²) in [6.45, 7) is 2.99. The van der Waals surface area contributed by atoms with E-state index < -0.39 is 0 Å². The molecule has 92 valence electrons. The van der Waals surface area contributed by atoms with E-state index in [4.69, 9.17) is 0 Å². The Bertz CT molecular complexity index is 590. The lowest BCUT2D eigenvalue weighted by Gasteiger charge is -2.19. The monoisotopic (exact) mass is 241 g/mol. The van der Waals surface area contributed by atoms with Gasteiger partial charge in [-0.2, -0.15) is 0 Å². The number of anilines is 1. The van der Waals surface area contributed by atoms with E-state index in [9.17, 15) is 4.39 Å². The van der Waals surface area contributed by atoms with Gasteiger partial charge in [-0.05, 0) is 60.2 Å². The van der Waals surface area contributed by atoms with E-state index >= 15 is 0 Å². The van der Waals surface area contributed by atoms with Crippen molar-refractivity contribution in [3.8, 4) is 11.1 Å². The van der Waals surface area contributed by atoms with E-state index in [1.807, 2.05) is 13.0 Å². The molecule has 1 aliphatic rings. The maximum Gasteiger partial charge on any atom is 0.123 e. The predicted molar refractivity (Wildman–Crippen MR) is 73.4 cm³/mol. The fourth-order valence-electron chi connectivity index (χ4n) is 2.58. The standard InChI is InChI=1S/C16H16FN/c1-11-9-14(17)6-7-15(11)13-5-4-12-3-2-8-18-16(12)10-13/h4-7,9-10,18H,2-3,8H2,1H3. The highest BCUT2D eigenvalue weighted by Crippen LogP contribution is 2.30. The van der Waals surface area contributed by atoms with E-state index in [0.717, 1.165) is 29.7 Å². The Morgan fingerprint density at radius 3 is 2.83 bits per heavy atom. The molecule has 0 aliphatic carbocycles. The Kier molecular flexibility index (Phi) is 2.78. The maximum absolute atomic E-state index is 13.1. The van der Waals surface area contributed by atoms with Crippen LogP contribution in [0, 0.1) is 12.7 Å². The van der Waals surface area contributed by atoms with Crippen molar-refractivity contribution in [3.63, 3.8) is 0 Å². The summed E-state index contributed by atoms with van der Waals surface area (Å²) < 4.78 is 13.1. The van der Waals surface area contributed by atoms with Gasteiger partial charge >= 0.3 is 0 Å². The second kappa shape index (κ2) is 4.45. The first-order valence-corrected chi connectivity index (χ1v) is 6.37. The zero-order valence-corrected chi connectivity index (χ0v) is 10.5. The van der Waals surface area contributed by atoms with Crippen LogP contribution in [0.4, 0.5) is 10.1 Å². The number of benzene rings is 2. The Hall–Kier alpha value is -1.83. The van der Waals surface area contributed by atoms with Gasteiger partial charge < -0.3 is 5.32 Å². The molecule has 0 amide bonds. The summed E-state index contributed by atoms with van der Waals surface area (Å²) in [5.41, 5.74) is 5.84. The number of hydrogen-bond donors (Lipinski definition) is 1. The summed E-state index contributed by atoms with van der Waals surface area (Å²) in [5.74, 6) is -0.174. The average molecular weight is 241 g/mol. The molecule has 0 fully saturated rings. The van der Waals surface area contributed by atoms with Crippen LogP contribution >= 0.6 is 0 Å². The molecule has 2 aromatic rings. The van der Waals surface area contributed by atoms with Crippen molar-refractivity contribution in [2.45, 2.75) is 19.8 Å². The van der Waals surface area contributed by atoms with Crippen LogP contribution in [0.3, 0.4) is 0 Å². The molecule has 0 saturated carbocycles. The minimum atomic E-state index is -0.174. The summed E-state index contributed by atoms with van der Waals surface area (Å²) in [6, 6.07) is 11.5. The molecule has 1 aliphatic heterocycles. The summed E-state index contributed by atoms with van der Waals surface area (Å²) in [7, 11) is 0. The molecule has 2 aromatic carbocycles. The molecule has 2 heteroatoms. The molecule has 1 heterocycles. The SMILES string of the molecule is Cc1cc(F)ccc1-c1ccc2c(c1)NCCC2. The maximum atomic E-state index is 13.1. The van der Waals surface area contributed by atoms with Gasteiger partial charge in [0.15, 0.2) is 0 Å². The molecule has 0 spiro atoms. The van der Waals surface area contributed by atoms with Crippen molar-refractivity contribution in [1.29, 1.82) is 0 Å². The first kappa shape index (κ1) is 11.3. The Balaban J connectivity index is 2.06. The minimum absolute atomic E-state index is 0.174. The van der Waals surface area contributed by atoms with Crippen LogP contribution in [0.1, 0.15) is 17.5 Å². The van der Waals surface area contributed by atoms with Gasteiger partial charge in [-0.3, -0.25) is 0 Å². The molecule has 0 bridgehead atoms. The number of rotatable bonds is 1. The number of halogens is 1. The molecular formula is C16H16FN. The zero-order chi connectivity index (χ0) is 12.5. The van der Waals surface area contributed by atoms with E-state index in [2.05, 4.69) is 23.5 Å². The fraction of sp³-hybridized carbons (Fsp3) is 0.250. The Morgan fingerprint density at radius 2 is 2.00 bits per heavy atom. The summed E-state index contributed by atoms with van der Waals surface area (Å²) in [5, 5.41) is 3.43. The summed E-state index contributed by atoms with van der Waals surface area (Å²) in [6.07, 6.45) is 2.34. The Labute approximate surface area is 107 Å². The lowest BCUT2D eigenvalue weighted by Crippen LogP contribution is -2.11. The molecule has 0 atom stereocenters. The number of fused-ring (bicyclic) bond motifs is 1. The van der Waals surface area contributed by atoms with Crippen molar-refractivity contribution in [2.24, 2.45) is 0 Å².